The second-order valence-electron chi connectivity index (χ2n) is 5.61. The van der Waals surface area contributed by atoms with Gasteiger partial charge in [0.2, 0.25) is 0 Å². The van der Waals surface area contributed by atoms with Gasteiger partial charge in [0.1, 0.15) is 11.4 Å². The molecule has 0 atom stereocenters. The molecule has 4 nitrogen and oxygen atoms in total. The van der Waals surface area contributed by atoms with E-state index in [1.54, 1.807) is 11.5 Å². The average Bonchev–Trinajstić information content (AvgIpc) is 2.99. The van der Waals surface area contributed by atoms with Crippen LogP contribution in [0.15, 0.2) is 59.4 Å². The topological polar surface area (TPSA) is 43.6 Å². The summed E-state index contributed by atoms with van der Waals surface area (Å²) in [7, 11) is 1.64. The molecule has 0 unspecified atom stereocenters. The van der Waals surface area contributed by atoms with Crippen LogP contribution < -0.4 is 10.3 Å². The van der Waals surface area contributed by atoms with E-state index >= 15 is 0 Å². The van der Waals surface area contributed by atoms with E-state index in [2.05, 4.69) is 4.98 Å². The van der Waals surface area contributed by atoms with E-state index in [1.807, 2.05) is 54.6 Å². The molecule has 5 rings (SSSR count). The van der Waals surface area contributed by atoms with Crippen molar-refractivity contribution in [2.24, 2.45) is 0 Å². The second-order valence-corrected chi connectivity index (χ2v) is 5.61. The molecular weight excluding hydrogens is 288 g/mol. The summed E-state index contributed by atoms with van der Waals surface area (Å²) < 4.78 is 7.16. The summed E-state index contributed by atoms with van der Waals surface area (Å²) in [5.41, 5.74) is 2.32. The molecule has 0 amide bonds. The molecule has 0 radical (unpaired) electrons. The summed E-state index contributed by atoms with van der Waals surface area (Å²) in [4.78, 5) is 17.7. The van der Waals surface area contributed by atoms with Gasteiger partial charge in [-0.25, -0.2) is 4.98 Å². The molecule has 3 aromatic carbocycles. The molecule has 23 heavy (non-hydrogen) atoms. The highest BCUT2D eigenvalue weighted by molar-refractivity contribution is 6.17. The quantitative estimate of drug-likeness (QED) is 0.475. The van der Waals surface area contributed by atoms with Gasteiger partial charge in [0.25, 0.3) is 5.56 Å². The largest absolute Gasteiger partial charge is 0.496 e. The summed E-state index contributed by atoms with van der Waals surface area (Å²) in [6.07, 6.45) is 0. The maximum Gasteiger partial charge on any atom is 0.264 e. The van der Waals surface area contributed by atoms with Gasteiger partial charge in [-0.15, -0.1) is 0 Å². The summed E-state index contributed by atoms with van der Waals surface area (Å²) >= 11 is 0. The first kappa shape index (κ1) is 12.4. The highest BCUT2D eigenvalue weighted by Gasteiger charge is 2.17. The Balaban J connectivity index is 2.19. The molecule has 4 heteroatoms. The number of hydrogen-bond acceptors (Lipinski definition) is 3. The van der Waals surface area contributed by atoms with Crippen molar-refractivity contribution in [3.63, 3.8) is 0 Å². The van der Waals surface area contributed by atoms with E-state index in [0.29, 0.717) is 11.0 Å². The third-order valence-electron chi connectivity index (χ3n) is 4.46. The third-order valence-corrected chi connectivity index (χ3v) is 4.46. The summed E-state index contributed by atoms with van der Waals surface area (Å²) in [6, 6.07) is 17.4. The minimum absolute atomic E-state index is 0.0416. The van der Waals surface area contributed by atoms with Crippen LogP contribution in [0.5, 0.6) is 5.75 Å². The van der Waals surface area contributed by atoms with Crippen LogP contribution in [-0.2, 0) is 0 Å². The van der Waals surface area contributed by atoms with Gasteiger partial charge < -0.3 is 4.74 Å². The summed E-state index contributed by atoms with van der Waals surface area (Å²) in [5, 5.41) is 3.51. The molecule has 0 N–H and O–H groups in total. The van der Waals surface area contributed by atoms with Crippen molar-refractivity contribution in [3.05, 3.63) is 65.0 Å². The Morgan fingerprint density at radius 2 is 1.74 bits per heavy atom. The van der Waals surface area contributed by atoms with Crippen LogP contribution >= 0.6 is 0 Å². The van der Waals surface area contributed by atoms with Gasteiger partial charge in [-0.1, -0.05) is 24.3 Å². The molecule has 0 spiro atoms. The number of imidazole rings is 1. The van der Waals surface area contributed by atoms with Crippen LogP contribution in [0, 0.1) is 0 Å². The minimum Gasteiger partial charge on any atom is -0.496 e. The van der Waals surface area contributed by atoms with Gasteiger partial charge in [0.15, 0.2) is 0 Å². The Hall–Kier alpha value is -3.14. The average molecular weight is 300 g/mol. The number of rotatable bonds is 1. The van der Waals surface area contributed by atoms with Gasteiger partial charge in [0, 0.05) is 21.5 Å². The number of methoxy groups -OCH3 is 1. The first-order valence-corrected chi connectivity index (χ1v) is 7.42. The predicted octanol–water partition coefficient (Wildman–Crippen LogP) is 3.60. The molecule has 2 aromatic heterocycles. The number of aromatic nitrogens is 2. The highest BCUT2D eigenvalue weighted by Crippen LogP contribution is 2.34. The molecule has 0 fully saturated rings. The van der Waals surface area contributed by atoms with Crippen LogP contribution in [0.1, 0.15) is 0 Å². The van der Waals surface area contributed by atoms with E-state index in [0.717, 1.165) is 32.9 Å². The van der Waals surface area contributed by atoms with E-state index in [-0.39, 0.29) is 5.56 Å². The summed E-state index contributed by atoms with van der Waals surface area (Å²) in [6.45, 7) is 0. The normalized spacial score (nSPS) is 11.9. The second kappa shape index (κ2) is 4.20. The highest BCUT2D eigenvalue weighted by atomic mass is 16.5. The maximum absolute atomic E-state index is 13.1. The van der Waals surface area contributed by atoms with Crippen LogP contribution in [0.2, 0.25) is 0 Å². The van der Waals surface area contributed by atoms with Gasteiger partial charge >= 0.3 is 0 Å². The van der Waals surface area contributed by atoms with Crippen LogP contribution in [-0.4, -0.2) is 16.5 Å². The minimum atomic E-state index is -0.0416. The Morgan fingerprint density at radius 3 is 2.61 bits per heavy atom. The van der Waals surface area contributed by atoms with Crippen LogP contribution in [0.4, 0.5) is 0 Å². The number of pyridine rings is 1. The van der Waals surface area contributed by atoms with E-state index in [1.165, 1.54) is 0 Å². The molecule has 0 aliphatic rings. The van der Waals surface area contributed by atoms with Crippen LogP contribution in [0.25, 0.3) is 38.2 Å². The number of para-hydroxylation sites is 2. The van der Waals surface area contributed by atoms with Crippen molar-refractivity contribution in [1.82, 2.24) is 9.38 Å². The van der Waals surface area contributed by atoms with Crippen molar-refractivity contribution in [2.45, 2.75) is 0 Å². The van der Waals surface area contributed by atoms with Crippen molar-refractivity contribution in [2.75, 3.05) is 7.11 Å². The molecule has 2 heterocycles. The first-order chi connectivity index (χ1) is 11.3. The lowest BCUT2D eigenvalue weighted by molar-refractivity contribution is 0.420. The molecular formula is C19H12N2O2. The number of fused-ring (bicyclic) bond motifs is 4. The number of nitrogens with zero attached hydrogens (tertiary/aromatic N) is 2. The number of benzene rings is 3. The predicted molar refractivity (Wildman–Crippen MR) is 91.7 cm³/mol. The van der Waals surface area contributed by atoms with Crippen LogP contribution in [0.3, 0.4) is 0 Å². The fourth-order valence-corrected chi connectivity index (χ4v) is 3.46. The Labute approximate surface area is 130 Å². The molecule has 0 aliphatic heterocycles. The van der Waals surface area contributed by atoms with E-state index in [9.17, 15) is 4.79 Å². The van der Waals surface area contributed by atoms with Gasteiger partial charge in [-0.3, -0.25) is 9.20 Å². The SMILES string of the molecule is COc1ccc2c3c1cccc3c(=O)n1c3ccccc3nc21. The van der Waals surface area contributed by atoms with Crippen molar-refractivity contribution in [1.29, 1.82) is 0 Å². The molecule has 0 bridgehead atoms. The van der Waals surface area contributed by atoms with Crippen molar-refractivity contribution < 1.29 is 4.74 Å². The first-order valence-electron chi connectivity index (χ1n) is 7.42. The van der Waals surface area contributed by atoms with Crippen molar-refractivity contribution in [3.8, 4) is 5.75 Å². The zero-order valence-electron chi connectivity index (χ0n) is 12.4. The monoisotopic (exact) mass is 300 g/mol. The molecule has 0 saturated carbocycles. The number of hydrogen-bond donors (Lipinski definition) is 0. The van der Waals surface area contributed by atoms with Gasteiger partial charge in [-0.05, 0) is 30.3 Å². The van der Waals surface area contributed by atoms with Gasteiger partial charge in [0.05, 0.1) is 18.1 Å². The van der Waals surface area contributed by atoms with Gasteiger partial charge in [-0.2, -0.15) is 0 Å². The third kappa shape index (κ3) is 1.45. The standard InChI is InChI=1S/C19H12N2O2/c1-23-16-10-9-12-17-11(16)5-4-6-13(17)19(22)21-15-8-3-2-7-14(15)20-18(12)21/h2-10H,1H3. The zero-order valence-corrected chi connectivity index (χ0v) is 12.4. The molecule has 110 valence electrons. The molecule has 0 saturated heterocycles. The van der Waals surface area contributed by atoms with E-state index in [4.69, 9.17) is 4.74 Å². The Morgan fingerprint density at radius 1 is 0.913 bits per heavy atom. The maximum atomic E-state index is 13.1. The Bertz CT molecular complexity index is 1270. The zero-order chi connectivity index (χ0) is 15.6. The van der Waals surface area contributed by atoms with Crippen molar-refractivity contribution >= 4 is 38.2 Å². The molecule has 5 aromatic rings. The smallest absolute Gasteiger partial charge is 0.264 e. The molecule has 0 aliphatic carbocycles. The van der Waals surface area contributed by atoms with E-state index < -0.39 is 0 Å². The lowest BCUT2D eigenvalue weighted by atomic mass is 10.0. The lowest BCUT2D eigenvalue weighted by Gasteiger charge is -2.10. The summed E-state index contributed by atoms with van der Waals surface area (Å²) in [5.74, 6) is 0.767. The fraction of sp³-hybridized carbons (Fsp3) is 0.0526. The lowest BCUT2D eigenvalue weighted by Crippen LogP contribution is -2.13. The fourth-order valence-electron chi connectivity index (χ4n) is 3.46. The number of ether oxygens (including phenoxy) is 1. The Kier molecular flexibility index (Phi) is 2.26.